The molecule has 0 radical (unpaired) electrons. The second-order valence-corrected chi connectivity index (χ2v) is 14.4. The molecule has 3 heterocycles. The Labute approximate surface area is 238 Å². The fourth-order valence-electron chi connectivity index (χ4n) is 6.60. The maximum absolute atomic E-state index is 3.55. The molecule has 0 spiro atoms. The Morgan fingerprint density at radius 3 is 2.17 bits per heavy atom. The number of nitrogens with one attached hydrogen (secondary N) is 2. The summed E-state index contributed by atoms with van der Waals surface area (Å²) in [7, 11) is 2.24. The van der Waals surface area contributed by atoms with Gasteiger partial charge in [0.15, 0.2) is 0 Å². The van der Waals surface area contributed by atoms with Gasteiger partial charge >= 0.3 is 0 Å². The number of fused-ring (bicyclic) bond motifs is 3. The summed E-state index contributed by atoms with van der Waals surface area (Å²) in [5.74, 6) is 0. The lowest BCUT2D eigenvalue weighted by atomic mass is 9.79. The molecule has 3 aromatic carbocycles. The van der Waals surface area contributed by atoms with Gasteiger partial charge in [-0.1, -0.05) is 91.8 Å². The predicted octanol–water partition coefficient (Wildman–Crippen LogP) is 9.92. The molecule has 6 rings (SSSR count). The van der Waals surface area contributed by atoms with Crippen LogP contribution in [0.5, 0.6) is 0 Å². The standard InChI is InChI=1S/C37H43N3/c1-35(2,3)30-15-14-26(33-27(30)17-18-38-33)29-22-39-32-16-13-24(20-28(29)32)37(7,8)21-25-19-23-11-10-12-31(36(4,5)6)34(23)40(25)9/h10-20,22,38-39H,21H2,1-9H3. The van der Waals surface area contributed by atoms with Crippen LogP contribution in [0.3, 0.4) is 0 Å². The minimum absolute atomic E-state index is 0.0371. The number of aromatic nitrogens is 3. The zero-order valence-electron chi connectivity index (χ0n) is 25.6. The number of aromatic amines is 2. The van der Waals surface area contributed by atoms with Crippen LogP contribution in [-0.4, -0.2) is 14.5 Å². The van der Waals surface area contributed by atoms with E-state index in [1.165, 1.54) is 66.2 Å². The summed E-state index contributed by atoms with van der Waals surface area (Å²) < 4.78 is 2.43. The van der Waals surface area contributed by atoms with Crippen LogP contribution in [0.4, 0.5) is 0 Å². The molecular formula is C37H43N3. The number of H-pyrrole nitrogens is 2. The van der Waals surface area contributed by atoms with Crippen molar-refractivity contribution in [1.29, 1.82) is 0 Å². The highest BCUT2D eigenvalue weighted by Crippen LogP contribution is 2.40. The second-order valence-electron chi connectivity index (χ2n) is 14.4. The molecule has 40 heavy (non-hydrogen) atoms. The van der Waals surface area contributed by atoms with E-state index in [0.29, 0.717) is 0 Å². The SMILES string of the molecule is Cn1c(CC(C)(C)c2ccc3[nH]cc(-c4ccc(C(C)(C)C)c5cc[nH]c45)c3c2)cc2cccc(C(C)(C)C)c21. The minimum Gasteiger partial charge on any atom is -0.361 e. The summed E-state index contributed by atoms with van der Waals surface area (Å²) in [4.78, 5) is 7.09. The molecule has 3 heteroatoms. The van der Waals surface area contributed by atoms with Crippen LogP contribution in [0.2, 0.25) is 0 Å². The van der Waals surface area contributed by atoms with Gasteiger partial charge in [0.2, 0.25) is 0 Å². The first-order chi connectivity index (χ1) is 18.8. The molecule has 0 aliphatic rings. The Morgan fingerprint density at radius 2 is 1.45 bits per heavy atom. The normalized spacial score (nSPS) is 13.2. The van der Waals surface area contributed by atoms with E-state index < -0.39 is 0 Å². The number of hydrogen-bond acceptors (Lipinski definition) is 0. The Bertz CT molecular complexity index is 1870. The van der Waals surface area contributed by atoms with Crippen molar-refractivity contribution in [1.82, 2.24) is 14.5 Å². The highest BCUT2D eigenvalue weighted by atomic mass is 14.9. The molecule has 0 amide bonds. The first kappa shape index (κ1) is 26.5. The van der Waals surface area contributed by atoms with Gasteiger partial charge in [-0.05, 0) is 63.6 Å². The van der Waals surface area contributed by atoms with E-state index in [0.717, 1.165) is 6.42 Å². The summed E-state index contributed by atoms with van der Waals surface area (Å²) in [6.07, 6.45) is 5.21. The number of nitrogens with zero attached hydrogens (tertiary/aromatic N) is 1. The maximum Gasteiger partial charge on any atom is 0.0537 e. The van der Waals surface area contributed by atoms with Gasteiger partial charge in [-0.15, -0.1) is 0 Å². The summed E-state index contributed by atoms with van der Waals surface area (Å²) in [5, 5.41) is 3.91. The Morgan fingerprint density at radius 1 is 0.700 bits per heavy atom. The Kier molecular flexibility index (Phi) is 5.89. The van der Waals surface area contributed by atoms with E-state index in [4.69, 9.17) is 0 Å². The minimum atomic E-state index is -0.0371. The van der Waals surface area contributed by atoms with Crippen LogP contribution in [0.25, 0.3) is 43.8 Å². The quantitative estimate of drug-likeness (QED) is 0.228. The molecule has 0 atom stereocenters. The van der Waals surface area contributed by atoms with E-state index in [-0.39, 0.29) is 16.2 Å². The molecular weight excluding hydrogens is 486 g/mol. The predicted molar refractivity (Wildman–Crippen MR) is 173 cm³/mol. The summed E-state index contributed by atoms with van der Waals surface area (Å²) in [5.41, 5.74) is 11.9. The number of aryl methyl sites for hydroxylation is 1. The summed E-state index contributed by atoms with van der Waals surface area (Å²) in [6, 6.07) is 22.9. The van der Waals surface area contributed by atoms with Crippen molar-refractivity contribution in [2.45, 2.75) is 78.1 Å². The Hall–Kier alpha value is -3.72. The van der Waals surface area contributed by atoms with Gasteiger partial charge in [0, 0.05) is 57.9 Å². The molecule has 0 aliphatic heterocycles. The summed E-state index contributed by atoms with van der Waals surface area (Å²) >= 11 is 0. The molecule has 0 aliphatic carbocycles. The van der Waals surface area contributed by atoms with Crippen LogP contribution in [-0.2, 0) is 29.7 Å². The van der Waals surface area contributed by atoms with Gasteiger partial charge in [0.05, 0.1) is 11.0 Å². The third kappa shape index (κ3) is 4.27. The van der Waals surface area contributed by atoms with Crippen molar-refractivity contribution in [3.05, 3.63) is 95.4 Å². The van der Waals surface area contributed by atoms with Gasteiger partial charge in [-0.25, -0.2) is 0 Å². The zero-order chi connectivity index (χ0) is 28.6. The largest absolute Gasteiger partial charge is 0.361 e. The highest BCUT2D eigenvalue weighted by molar-refractivity contribution is 6.05. The van der Waals surface area contributed by atoms with Gasteiger partial charge < -0.3 is 14.5 Å². The Balaban J connectivity index is 1.42. The van der Waals surface area contributed by atoms with Crippen molar-refractivity contribution < 1.29 is 0 Å². The highest BCUT2D eigenvalue weighted by Gasteiger charge is 2.26. The zero-order valence-corrected chi connectivity index (χ0v) is 25.6. The molecule has 0 saturated carbocycles. The molecule has 3 nitrogen and oxygen atoms in total. The second kappa shape index (κ2) is 8.89. The first-order valence-electron chi connectivity index (χ1n) is 14.6. The number of para-hydroxylation sites is 1. The van der Waals surface area contributed by atoms with Crippen molar-refractivity contribution in [3.8, 4) is 11.1 Å². The van der Waals surface area contributed by atoms with Crippen molar-refractivity contribution in [3.63, 3.8) is 0 Å². The molecule has 6 aromatic rings. The molecule has 0 bridgehead atoms. The van der Waals surface area contributed by atoms with E-state index in [2.05, 4.69) is 150 Å². The van der Waals surface area contributed by atoms with Crippen molar-refractivity contribution >= 4 is 32.7 Å². The van der Waals surface area contributed by atoms with Gasteiger partial charge in [-0.2, -0.15) is 0 Å². The first-order valence-corrected chi connectivity index (χ1v) is 14.6. The lowest BCUT2D eigenvalue weighted by Gasteiger charge is -2.26. The smallest absolute Gasteiger partial charge is 0.0537 e. The molecule has 0 fully saturated rings. The monoisotopic (exact) mass is 529 g/mol. The molecule has 3 aromatic heterocycles. The van der Waals surface area contributed by atoms with E-state index in [1.54, 1.807) is 0 Å². The number of rotatable bonds is 4. The van der Waals surface area contributed by atoms with Gasteiger partial charge in [-0.3, -0.25) is 0 Å². The lowest BCUT2D eigenvalue weighted by molar-refractivity contribution is 0.508. The molecule has 0 unspecified atom stereocenters. The van der Waals surface area contributed by atoms with E-state index in [9.17, 15) is 0 Å². The van der Waals surface area contributed by atoms with Crippen LogP contribution in [0.1, 0.15) is 77.8 Å². The molecule has 0 saturated heterocycles. The van der Waals surface area contributed by atoms with E-state index in [1.807, 2.05) is 0 Å². The molecule has 2 N–H and O–H groups in total. The van der Waals surface area contributed by atoms with Gasteiger partial charge in [0.1, 0.15) is 0 Å². The van der Waals surface area contributed by atoms with Crippen LogP contribution in [0, 0.1) is 0 Å². The number of hydrogen-bond donors (Lipinski definition) is 2. The van der Waals surface area contributed by atoms with Crippen LogP contribution < -0.4 is 0 Å². The third-order valence-corrected chi connectivity index (χ3v) is 8.87. The topological polar surface area (TPSA) is 36.5 Å². The average molecular weight is 530 g/mol. The maximum atomic E-state index is 3.55. The van der Waals surface area contributed by atoms with Crippen molar-refractivity contribution in [2.24, 2.45) is 7.05 Å². The van der Waals surface area contributed by atoms with Crippen molar-refractivity contribution in [2.75, 3.05) is 0 Å². The van der Waals surface area contributed by atoms with Gasteiger partial charge in [0.25, 0.3) is 0 Å². The molecule has 206 valence electrons. The number of benzene rings is 3. The van der Waals surface area contributed by atoms with Crippen LogP contribution >= 0.6 is 0 Å². The average Bonchev–Trinajstić information content (AvgIpc) is 3.59. The summed E-state index contributed by atoms with van der Waals surface area (Å²) in [6.45, 7) is 18.5. The lowest BCUT2D eigenvalue weighted by Crippen LogP contribution is -2.22. The van der Waals surface area contributed by atoms with Crippen LogP contribution in [0.15, 0.2) is 73.1 Å². The third-order valence-electron chi connectivity index (χ3n) is 8.87. The fraction of sp³-hybridized carbons (Fsp3) is 0.351. The fourth-order valence-corrected chi connectivity index (χ4v) is 6.60. The van der Waals surface area contributed by atoms with E-state index >= 15 is 0 Å².